The predicted octanol–water partition coefficient (Wildman–Crippen LogP) is 2.70. The summed E-state index contributed by atoms with van der Waals surface area (Å²) in [6.07, 6.45) is 4.53. The highest BCUT2D eigenvalue weighted by Gasteiger charge is 2.17. The van der Waals surface area contributed by atoms with Crippen molar-refractivity contribution in [3.63, 3.8) is 0 Å². The van der Waals surface area contributed by atoms with E-state index in [9.17, 15) is 0 Å². The smallest absolute Gasteiger partial charge is 0.0721 e. The average molecular weight is 294 g/mol. The first kappa shape index (κ1) is 15.7. The minimum atomic E-state index is -0.314. The lowest BCUT2D eigenvalue weighted by Crippen LogP contribution is -2.20. The van der Waals surface area contributed by atoms with Crippen molar-refractivity contribution < 1.29 is 0 Å². The van der Waals surface area contributed by atoms with Crippen LogP contribution in [0.2, 0.25) is 0 Å². The summed E-state index contributed by atoms with van der Waals surface area (Å²) < 4.78 is 0. The van der Waals surface area contributed by atoms with Gasteiger partial charge in [-0.1, -0.05) is 85.8 Å². The van der Waals surface area contributed by atoms with Crippen LogP contribution in [0.5, 0.6) is 0 Å². The van der Waals surface area contributed by atoms with Crippen LogP contribution in [0, 0.1) is 5.54 Å². The van der Waals surface area contributed by atoms with Crippen LogP contribution >= 0.6 is 0 Å². The number of allylic oxidation sites excluding steroid dienone is 1. The Balaban J connectivity index is 0.000000282. The molecule has 0 spiro atoms. The van der Waals surface area contributed by atoms with E-state index < -0.39 is 0 Å². The molecule has 1 radical (unpaired) electrons. The highest BCUT2D eigenvalue weighted by atomic mass is 28.2. The largest absolute Gasteiger partial charge is 0.317 e. The lowest BCUT2D eigenvalue weighted by Gasteiger charge is -2.09. The molecular formula is C19H24NSi. The molecule has 1 aliphatic carbocycles. The van der Waals surface area contributed by atoms with Crippen molar-refractivity contribution in [1.29, 1.82) is 0 Å². The molecule has 0 saturated carbocycles. The molecule has 2 aromatic rings. The van der Waals surface area contributed by atoms with Crippen LogP contribution in [0.4, 0.5) is 0 Å². The summed E-state index contributed by atoms with van der Waals surface area (Å²) in [7, 11) is -0.314. The third-order valence-corrected chi connectivity index (χ3v) is 5.39. The second-order valence-corrected chi connectivity index (χ2v) is 7.00. The van der Waals surface area contributed by atoms with Crippen LogP contribution in [-0.2, 0) is 0 Å². The number of hydrogen-bond donors (Lipinski definition) is 1. The quantitative estimate of drug-likeness (QED) is 0.855. The van der Waals surface area contributed by atoms with E-state index in [1.165, 1.54) is 16.3 Å². The zero-order valence-electron chi connectivity index (χ0n) is 13.0. The molecule has 0 fully saturated rings. The second-order valence-electron chi connectivity index (χ2n) is 5.07. The Morgan fingerprint density at radius 1 is 0.810 bits per heavy atom. The summed E-state index contributed by atoms with van der Waals surface area (Å²) in [6.45, 7) is 6.39. The molecule has 21 heavy (non-hydrogen) atoms. The van der Waals surface area contributed by atoms with Gasteiger partial charge >= 0.3 is 0 Å². The number of benzene rings is 2. The Morgan fingerprint density at radius 3 is 2.14 bits per heavy atom. The SMILES string of the molecule is C1=Cc2ccccc2[C]1[SiH2]c1ccccc1.CCNCC. The summed E-state index contributed by atoms with van der Waals surface area (Å²) in [4.78, 5) is 0. The van der Waals surface area contributed by atoms with Crippen molar-refractivity contribution in [3.8, 4) is 0 Å². The van der Waals surface area contributed by atoms with Crippen molar-refractivity contribution in [1.82, 2.24) is 5.32 Å². The molecule has 2 aromatic carbocycles. The first-order chi connectivity index (χ1) is 10.3. The summed E-state index contributed by atoms with van der Waals surface area (Å²) in [5, 5.41) is 4.62. The summed E-state index contributed by atoms with van der Waals surface area (Å²) in [5.74, 6) is 0. The Kier molecular flexibility index (Phi) is 6.45. The Labute approximate surface area is 130 Å². The van der Waals surface area contributed by atoms with E-state index in [1.54, 1.807) is 5.54 Å². The maximum atomic E-state index is 3.11. The number of nitrogens with one attached hydrogen (secondary N) is 1. The number of rotatable bonds is 4. The third kappa shape index (κ3) is 4.69. The number of hydrogen-bond acceptors (Lipinski definition) is 1. The van der Waals surface area contributed by atoms with E-state index in [-0.39, 0.29) is 9.52 Å². The van der Waals surface area contributed by atoms with Crippen LogP contribution in [0.25, 0.3) is 6.08 Å². The fourth-order valence-electron chi connectivity index (χ4n) is 2.43. The highest BCUT2D eigenvalue weighted by molar-refractivity contribution is 6.61. The lowest BCUT2D eigenvalue weighted by molar-refractivity contribution is 0.762. The fourth-order valence-corrected chi connectivity index (χ4v) is 4.13. The maximum Gasteiger partial charge on any atom is 0.0721 e. The van der Waals surface area contributed by atoms with Crippen LogP contribution in [-0.4, -0.2) is 22.6 Å². The minimum Gasteiger partial charge on any atom is -0.317 e. The van der Waals surface area contributed by atoms with E-state index in [4.69, 9.17) is 0 Å². The van der Waals surface area contributed by atoms with Crippen LogP contribution in [0.1, 0.15) is 25.0 Å². The first-order valence-corrected chi connectivity index (χ1v) is 9.14. The van der Waals surface area contributed by atoms with Crippen molar-refractivity contribution in [2.45, 2.75) is 13.8 Å². The molecule has 0 aromatic heterocycles. The van der Waals surface area contributed by atoms with Crippen molar-refractivity contribution >= 4 is 20.8 Å². The van der Waals surface area contributed by atoms with Gasteiger partial charge in [-0.15, -0.1) is 0 Å². The minimum absolute atomic E-state index is 0.314. The molecule has 0 amide bonds. The van der Waals surface area contributed by atoms with Crippen molar-refractivity contribution in [3.05, 3.63) is 77.3 Å². The van der Waals surface area contributed by atoms with Crippen LogP contribution < -0.4 is 10.5 Å². The molecule has 1 N–H and O–H groups in total. The predicted molar refractivity (Wildman–Crippen MR) is 96.7 cm³/mol. The van der Waals surface area contributed by atoms with Gasteiger partial charge < -0.3 is 5.32 Å². The van der Waals surface area contributed by atoms with Gasteiger partial charge in [-0.3, -0.25) is 0 Å². The topological polar surface area (TPSA) is 12.0 Å². The molecule has 109 valence electrons. The Bertz CT molecular complexity index is 561. The molecule has 0 atom stereocenters. The van der Waals surface area contributed by atoms with Gasteiger partial charge in [-0.25, -0.2) is 0 Å². The molecule has 0 heterocycles. The molecule has 0 saturated heterocycles. The summed E-state index contributed by atoms with van der Waals surface area (Å²) >= 11 is 0. The molecule has 1 nitrogen and oxygen atoms in total. The molecule has 0 bridgehead atoms. The van der Waals surface area contributed by atoms with E-state index in [0.717, 1.165) is 13.1 Å². The molecule has 0 unspecified atom stereocenters. The van der Waals surface area contributed by atoms with E-state index in [0.29, 0.717) is 0 Å². The molecule has 0 aliphatic heterocycles. The summed E-state index contributed by atoms with van der Waals surface area (Å²) in [6, 6.07) is 19.5. The van der Waals surface area contributed by atoms with E-state index in [1.807, 2.05) is 0 Å². The van der Waals surface area contributed by atoms with Gasteiger partial charge in [-0.2, -0.15) is 0 Å². The molecule has 1 aliphatic rings. The molecular weight excluding hydrogens is 270 g/mol. The monoisotopic (exact) mass is 294 g/mol. The highest BCUT2D eigenvalue weighted by Crippen LogP contribution is 2.27. The number of fused-ring (bicyclic) bond motifs is 1. The third-order valence-electron chi connectivity index (χ3n) is 3.51. The first-order valence-electron chi connectivity index (χ1n) is 7.73. The maximum absolute atomic E-state index is 3.11. The van der Waals surface area contributed by atoms with Gasteiger partial charge in [0.2, 0.25) is 0 Å². The van der Waals surface area contributed by atoms with Crippen LogP contribution in [0.3, 0.4) is 0 Å². The molecule has 3 rings (SSSR count). The van der Waals surface area contributed by atoms with Gasteiger partial charge in [-0.05, 0) is 24.2 Å². The Morgan fingerprint density at radius 2 is 1.48 bits per heavy atom. The molecule has 2 heteroatoms. The lowest BCUT2D eigenvalue weighted by atomic mass is 10.1. The van der Waals surface area contributed by atoms with Gasteiger partial charge in [0.15, 0.2) is 0 Å². The van der Waals surface area contributed by atoms with Gasteiger partial charge in [0.1, 0.15) is 0 Å². The van der Waals surface area contributed by atoms with Crippen molar-refractivity contribution in [2.24, 2.45) is 0 Å². The standard InChI is InChI=1S/C15H13Si.C4H11N/c1-2-7-13(8-3-1)16-15-11-10-12-6-4-5-9-14(12)15;1-3-5-4-2/h1-11H,16H2;5H,3-4H2,1-2H3. The van der Waals surface area contributed by atoms with Crippen LogP contribution in [0.15, 0.2) is 60.7 Å². The van der Waals surface area contributed by atoms with E-state index in [2.05, 4.69) is 85.9 Å². The summed E-state index contributed by atoms with van der Waals surface area (Å²) in [5.41, 5.74) is 4.38. The normalized spacial score (nSPS) is 13.2. The van der Waals surface area contributed by atoms with E-state index >= 15 is 0 Å². The average Bonchev–Trinajstić information content (AvgIpc) is 2.93. The fraction of sp³-hybridized carbons (Fsp3) is 0.211. The van der Waals surface area contributed by atoms with Gasteiger partial charge in [0, 0.05) is 5.54 Å². The second kappa shape index (κ2) is 8.60. The van der Waals surface area contributed by atoms with Gasteiger partial charge in [0.05, 0.1) is 9.52 Å². The zero-order valence-corrected chi connectivity index (χ0v) is 14.4. The zero-order chi connectivity index (χ0) is 14.9. The Hall–Kier alpha value is -1.64. The van der Waals surface area contributed by atoms with Gasteiger partial charge in [0.25, 0.3) is 0 Å². The van der Waals surface area contributed by atoms with Crippen molar-refractivity contribution in [2.75, 3.05) is 13.1 Å².